The van der Waals surface area contributed by atoms with Crippen molar-refractivity contribution >= 4 is 11.9 Å². The molecule has 7 nitrogen and oxygen atoms in total. The minimum atomic E-state index is -0.560. The largest absolute Gasteiger partial charge is 0.493 e. The first-order chi connectivity index (χ1) is 11.0. The van der Waals surface area contributed by atoms with Crippen molar-refractivity contribution in [2.75, 3.05) is 27.9 Å². The van der Waals surface area contributed by atoms with Gasteiger partial charge < -0.3 is 24.3 Å². The molecule has 1 aromatic rings. The Hall–Kier alpha value is -2.70. The minimum Gasteiger partial charge on any atom is -0.493 e. The van der Waals surface area contributed by atoms with E-state index in [-0.39, 0.29) is 13.2 Å². The summed E-state index contributed by atoms with van der Waals surface area (Å²) in [6.07, 6.45) is 2.78. The molecule has 1 rings (SSSR count). The number of benzene rings is 1. The van der Waals surface area contributed by atoms with E-state index in [1.165, 1.54) is 33.5 Å². The first-order valence-electron chi connectivity index (χ1n) is 6.90. The molecule has 1 aromatic carbocycles. The van der Waals surface area contributed by atoms with E-state index < -0.39 is 11.9 Å². The summed E-state index contributed by atoms with van der Waals surface area (Å²) in [6, 6.07) is 3.46. The lowest BCUT2D eigenvalue weighted by atomic mass is 10.1. The molecule has 0 radical (unpaired) electrons. The van der Waals surface area contributed by atoms with Gasteiger partial charge >= 0.3 is 5.97 Å². The third-order valence-electron chi connectivity index (χ3n) is 2.86. The molecule has 0 spiro atoms. The smallest absolute Gasteiger partial charge is 0.330 e. The van der Waals surface area contributed by atoms with Gasteiger partial charge in [-0.15, -0.1) is 0 Å². The van der Waals surface area contributed by atoms with Crippen molar-refractivity contribution in [1.29, 1.82) is 0 Å². The summed E-state index contributed by atoms with van der Waals surface area (Å²) in [5.74, 6) is 0.503. The molecule has 23 heavy (non-hydrogen) atoms. The molecule has 0 aliphatic carbocycles. The van der Waals surface area contributed by atoms with E-state index >= 15 is 0 Å². The summed E-state index contributed by atoms with van der Waals surface area (Å²) >= 11 is 0. The number of nitrogens with one attached hydrogen (secondary N) is 1. The van der Waals surface area contributed by atoms with Crippen LogP contribution >= 0.6 is 0 Å². The highest BCUT2D eigenvalue weighted by Crippen LogP contribution is 2.38. The van der Waals surface area contributed by atoms with E-state index in [1.807, 2.05) is 0 Å². The highest BCUT2D eigenvalue weighted by Gasteiger charge is 2.13. The second-order valence-electron chi connectivity index (χ2n) is 4.42. The fourth-order valence-electron chi connectivity index (χ4n) is 1.81. The van der Waals surface area contributed by atoms with E-state index in [1.54, 1.807) is 19.1 Å². The molecule has 0 aromatic heterocycles. The Labute approximate surface area is 135 Å². The van der Waals surface area contributed by atoms with Crippen molar-refractivity contribution in [1.82, 2.24) is 5.32 Å². The Bertz CT molecular complexity index is 557. The van der Waals surface area contributed by atoms with Gasteiger partial charge in [-0.25, -0.2) is 4.79 Å². The van der Waals surface area contributed by atoms with Gasteiger partial charge in [0.15, 0.2) is 18.1 Å². The highest BCUT2D eigenvalue weighted by molar-refractivity contribution is 5.85. The zero-order valence-corrected chi connectivity index (χ0v) is 13.7. The van der Waals surface area contributed by atoms with Crippen LogP contribution in [-0.2, 0) is 20.9 Å². The zero-order valence-electron chi connectivity index (χ0n) is 13.7. The van der Waals surface area contributed by atoms with Gasteiger partial charge in [0.25, 0.3) is 5.91 Å². The predicted molar refractivity (Wildman–Crippen MR) is 83.7 cm³/mol. The molecule has 7 heteroatoms. The highest BCUT2D eigenvalue weighted by atomic mass is 16.5. The third-order valence-corrected chi connectivity index (χ3v) is 2.86. The van der Waals surface area contributed by atoms with Crippen molar-refractivity contribution < 1.29 is 28.5 Å². The Kier molecular flexibility index (Phi) is 7.45. The molecule has 1 amide bonds. The molecule has 0 unspecified atom stereocenters. The van der Waals surface area contributed by atoms with E-state index in [9.17, 15) is 9.59 Å². The lowest BCUT2D eigenvalue weighted by molar-refractivity contribution is -0.143. The molecule has 0 saturated heterocycles. The molecule has 0 atom stereocenters. The second-order valence-corrected chi connectivity index (χ2v) is 4.42. The number of esters is 1. The second kappa shape index (κ2) is 9.34. The van der Waals surface area contributed by atoms with E-state index in [0.717, 1.165) is 5.56 Å². The molecular formula is C16H21NO6. The molecule has 0 heterocycles. The van der Waals surface area contributed by atoms with Gasteiger partial charge in [-0.05, 0) is 24.6 Å². The van der Waals surface area contributed by atoms with Gasteiger partial charge in [0.05, 0.1) is 21.3 Å². The maximum atomic E-state index is 11.7. The van der Waals surface area contributed by atoms with Crippen LogP contribution < -0.4 is 19.5 Å². The van der Waals surface area contributed by atoms with Crippen molar-refractivity contribution in [2.45, 2.75) is 13.5 Å². The summed E-state index contributed by atoms with van der Waals surface area (Å²) in [4.78, 5) is 22.8. The molecule has 0 fully saturated rings. The molecule has 0 saturated carbocycles. The van der Waals surface area contributed by atoms with Crippen LogP contribution in [0.5, 0.6) is 17.2 Å². The van der Waals surface area contributed by atoms with Gasteiger partial charge in [-0.3, -0.25) is 4.79 Å². The van der Waals surface area contributed by atoms with Crippen LogP contribution in [0.4, 0.5) is 0 Å². The molecular weight excluding hydrogens is 302 g/mol. The van der Waals surface area contributed by atoms with Gasteiger partial charge in [0.1, 0.15) is 0 Å². The van der Waals surface area contributed by atoms with Crippen LogP contribution in [0.2, 0.25) is 0 Å². The van der Waals surface area contributed by atoms with Crippen LogP contribution in [0.15, 0.2) is 24.3 Å². The fourth-order valence-corrected chi connectivity index (χ4v) is 1.81. The summed E-state index contributed by atoms with van der Waals surface area (Å²) in [7, 11) is 4.54. The first kappa shape index (κ1) is 18.3. The number of allylic oxidation sites excluding steroid dienone is 1. The quantitative estimate of drug-likeness (QED) is 0.576. The summed E-state index contributed by atoms with van der Waals surface area (Å²) in [6.45, 7) is 1.58. The standard InChI is InChI=1S/C16H21NO6/c1-5-6-15(19)23-10-14(18)17-9-11-7-12(20-2)16(22-4)13(8-11)21-3/h5-8H,9-10H2,1-4H3,(H,17,18)/b6-5+. The Morgan fingerprint density at radius 3 is 2.17 bits per heavy atom. The number of ether oxygens (including phenoxy) is 4. The number of carbonyl (C=O) groups is 2. The van der Waals surface area contributed by atoms with Crippen molar-refractivity contribution in [3.05, 3.63) is 29.8 Å². The Morgan fingerprint density at radius 2 is 1.70 bits per heavy atom. The number of rotatable bonds is 8. The van der Waals surface area contributed by atoms with E-state index in [2.05, 4.69) is 5.32 Å². The van der Waals surface area contributed by atoms with Crippen LogP contribution in [0.25, 0.3) is 0 Å². The monoisotopic (exact) mass is 323 g/mol. The zero-order chi connectivity index (χ0) is 17.2. The van der Waals surface area contributed by atoms with Crippen LogP contribution in [0, 0.1) is 0 Å². The third kappa shape index (κ3) is 5.54. The SMILES string of the molecule is C/C=C/C(=O)OCC(=O)NCc1cc(OC)c(OC)c(OC)c1. The molecule has 0 bridgehead atoms. The number of carbonyl (C=O) groups excluding carboxylic acids is 2. The average Bonchev–Trinajstić information content (AvgIpc) is 2.57. The van der Waals surface area contributed by atoms with Crippen LogP contribution in [0.1, 0.15) is 12.5 Å². The number of methoxy groups -OCH3 is 3. The lowest BCUT2D eigenvalue weighted by Crippen LogP contribution is -2.28. The van der Waals surface area contributed by atoms with E-state index in [4.69, 9.17) is 18.9 Å². The molecule has 0 aliphatic heterocycles. The predicted octanol–water partition coefficient (Wildman–Crippen LogP) is 1.45. The summed E-state index contributed by atoms with van der Waals surface area (Å²) < 4.78 is 20.5. The number of hydrogen-bond acceptors (Lipinski definition) is 6. The number of amides is 1. The van der Waals surface area contributed by atoms with Gasteiger partial charge in [0, 0.05) is 12.6 Å². The fraction of sp³-hybridized carbons (Fsp3) is 0.375. The van der Waals surface area contributed by atoms with Crippen molar-refractivity contribution in [2.24, 2.45) is 0 Å². The average molecular weight is 323 g/mol. The normalized spacial score (nSPS) is 10.3. The maximum absolute atomic E-state index is 11.7. The minimum absolute atomic E-state index is 0.233. The lowest BCUT2D eigenvalue weighted by Gasteiger charge is -2.14. The topological polar surface area (TPSA) is 83.1 Å². The van der Waals surface area contributed by atoms with Crippen molar-refractivity contribution in [3.8, 4) is 17.2 Å². The molecule has 1 N–H and O–H groups in total. The van der Waals surface area contributed by atoms with E-state index in [0.29, 0.717) is 17.2 Å². The molecule has 0 aliphatic rings. The maximum Gasteiger partial charge on any atom is 0.330 e. The van der Waals surface area contributed by atoms with Crippen molar-refractivity contribution in [3.63, 3.8) is 0 Å². The molecule has 126 valence electrons. The van der Waals surface area contributed by atoms with Gasteiger partial charge in [0.2, 0.25) is 5.75 Å². The Balaban J connectivity index is 2.67. The van der Waals surface area contributed by atoms with Crippen LogP contribution in [-0.4, -0.2) is 39.8 Å². The number of hydrogen-bond donors (Lipinski definition) is 1. The summed E-state index contributed by atoms with van der Waals surface area (Å²) in [5.41, 5.74) is 0.757. The van der Waals surface area contributed by atoms with Gasteiger partial charge in [-0.1, -0.05) is 6.08 Å². The summed E-state index contributed by atoms with van der Waals surface area (Å²) in [5, 5.41) is 2.64. The first-order valence-corrected chi connectivity index (χ1v) is 6.90. The van der Waals surface area contributed by atoms with Gasteiger partial charge in [-0.2, -0.15) is 0 Å². The van der Waals surface area contributed by atoms with Crippen LogP contribution in [0.3, 0.4) is 0 Å². The Morgan fingerprint density at radius 1 is 1.09 bits per heavy atom.